The first-order valence-corrected chi connectivity index (χ1v) is 7.12. The zero-order chi connectivity index (χ0) is 13.1. The smallest absolute Gasteiger partial charge is 0.226 e. The highest BCUT2D eigenvalue weighted by Crippen LogP contribution is 2.26. The molecule has 3 N–H and O–H groups in total. The molecule has 1 unspecified atom stereocenters. The third-order valence-electron chi connectivity index (χ3n) is 3.32. The molecule has 1 fully saturated rings. The molecule has 6 heteroatoms. The summed E-state index contributed by atoms with van der Waals surface area (Å²) >= 11 is 1.37. The van der Waals surface area contributed by atoms with E-state index in [9.17, 15) is 4.79 Å². The maximum absolute atomic E-state index is 11.7. The molecule has 2 rings (SSSR count). The molecule has 1 aliphatic carbocycles. The van der Waals surface area contributed by atoms with Gasteiger partial charge in [0.2, 0.25) is 5.91 Å². The normalized spacial score (nSPS) is 16.8. The van der Waals surface area contributed by atoms with Gasteiger partial charge in [-0.1, -0.05) is 0 Å². The number of nitrogen functional groups attached to an aromatic ring is 1. The van der Waals surface area contributed by atoms with Crippen molar-refractivity contribution < 1.29 is 4.79 Å². The molecule has 0 bridgehead atoms. The maximum atomic E-state index is 11.7. The minimum Gasteiger partial charge on any atom is -0.375 e. The predicted octanol–water partition coefficient (Wildman–Crippen LogP) is 0.867. The van der Waals surface area contributed by atoms with Crippen molar-refractivity contribution in [2.75, 3.05) is 19.3 Å². The van der Waals surface area contributed by atoms with Crippen LogP contribution in [0.3, 0.4) is 0 Å². The lowest BCUT2D eigenvalue weighted by Crippen LogP contribution is -2.41. The van der Waals surface area contributed by atoms with Crippen molar-refractivity contribution in [3.05, 3.63) is 11.1 Å². The Morgan fingerprint density at radius 3 is 3.00 bits per heavy atom. The molecule has 5 nitrogen and oxygen atoms in total. The van der Waals surface area contributed by atoms with Gasteiger partial charge in [-0.2, -0.15) is 0 Å². The van der Waals surface area contributed by atoms with Crippen LogP contribution in [0.4, 0.5) is 5.13 Å². The van der Waals surface area contributed by atoms with E-state index in [0.29, 0.717) is 24.1 Å². The van der Waals surface area contributed by atoms with E-state index < -0.39 is 0 Å². The average molecular weight is 268 g/mol. The van der Waals surface area contributed by atoms with Crippen LogP contribution in [-0.2, 0) is 11.2 Å². The lowest BCUT2D eigenvalue weighted by Gasteiger charge is -2.24. The predicted molar refractivity (Wildman–Crippen MR) is 73.5 cm³/mol. The minimum atomic E-state index is 0.0105. The second-order valence-corrected chi connectivity index (χ2v) is 5.79. The van der Waals surface area contributed by atoms with E-state index in [1.807, 2.05) is 5.38 Å². The van der Waals surface area contributed by atoms with Crippen LogP contribution in [0.25, 0.3) is 0 Å². The quantitative estimate of drug-likeness (QED) is 0.803. The molecule has 1 heterocycles. The number of likely N-dealkylation sites (N-methyl/N-ethyl adjacent to an activating group) is 1. The summed E-state index contributed by atoms with van der Waals surface area (Å²) in [5.41, 5.74) is 6.27. The molecule has 1 aromatic heterocycles. The summed E-state index contributed by atoms with van der Waals surface area (Å²) in [6.07, 6.45) is 2.88. The molecule has 0 saturated heterocycles. The number of thiazole rings is 1. The van der Waals surface area contributed by atoms with E-state index in [-0.39, 0.29) is 5.91 Å². The summed E-state index contributed by atoms with van der Waals surface area (Å²) < 4.78 is 0. The molecule has 0 spiro atoms. The maximum Gasteiger partial charge on any atom is 0.226 e. The molecular formula is C12H20N4OS. The highest BCUT2D eigenvalue weighted by molar-refractivity contribution is 7.13. The van der Waals surface area contributed by atoms with Gasteiger partial charge >= 0.3 is 0 Å². The van der Waals surface area contributed by atoms with Crippen molar-refractivity contribution in [1.82, 2.24) is 15.2 Å². The topological polar surface area (TPSA) is 71.2 Å². The Hall–Kier alpha value is -1.14. The van der Waals surface area contributed by atoms with Gasteiger partial charge in [0.25, 0.3) is 0 Å². The second-order valence-electron chi connectivity index (χ2n) is 4.90. The van der Waals surface area contributed by atoms with Gasteiger partial charge < -0.3 is 11.1 Å². The number of carbonyl (C=O) groups excluding carboxylic acids is 1. The fourth-order valence-corrected chi connectivity index (χ4v) is 2.44. The summed E-state index contributed by atoms with van der Waals surface area (Å²) in [5.74, 6) is 0.0105. The van der Waals surface area contributed by atoms with Gasteiger partial charge in [-0.05, 0) is 26.8 Å². The van der Waals surface area contributed by atoms with Gasteiger partial charge in [-0.3, -0.25) is 9.69 Å². The van der Waals surface area contributed by atoms with Crippen molar-refractivity contribution in [3.63, 3.8) is 0 Å². The lowest BCUT2D eigenvalue weighted by atomic mass is 10.2. The van der Waals surface area contributed by atoms with Crippen molar-refractivity contribution >= 4 is 22.4 Å². The van der Waals surface area contributed by atoms with Gasteiger partial charge in [0.15, 0.2) is 5.13 Å². The lowest BCUT2D eigenvalue weighted by molar-refractivity contribution is -0.120. The number of rotatable bonds is 6. The molecule has 1 aromatic rings. The third-order valence-corrected chi connectivity index (χ3v) is 4.05. The molecule has 18 heavy (non-hydrogen) atoms. The number of hydrogen-bond acceptors (Lipinski definition) is 5. The highest BCUT2D eigenvalue weighted by atomic mass is 32.1. The first-order valence-electron chi connectivity index (χ1n) is 6.24. The summed E-state index contributed by atoms with van der Waals surface area (Å²) in [4.78, 5) is 18.1. The first kappa shape index (κ1) is 13.3. The fraction of sp³-hybridized carbons (Fsp3) is 0.667. The summed E-state index contributed by atoms with van der Waals surface area (Å²) in [5, 5.41) is 5.29. The average Bonchev–Trinajstić information content (AvgIpc) is 3.10. The van der Waals surface area contributed by atoms with Gasteiger partial charge in [-0.25, -0.2) is 4.98 Å². The molecule has 1 aliphatic rings. The Morgan fingerprint density at radius 1 is 1.72 bits per heavy atom. The van der Waals surface area contributed by atoms with Crippen molar-refractivity contribution in [3.8, 4) is 0 Å². The SMILES string of the molecule is CC(CNC(=O)Cc1csc(N)n1)N(C)C1CC1. The Labute approximate surface area is 111 Å². The van der Waals surface area contributed by atoms with Crippen LogP contribution in [-0.4, -0.2) is 41.5 Å². The summed E-state index contributed by atoms with van der Waals surface area (Å²) in [6.45, 7) is 2.82. The van der Waals surface area contributed by atoms with Crippen LogP contribution in [0.15, 0.2) is 5.38 Å². The zero-order valence-electron chi connectivity index (χ0n) is 10.8. The number of nitrogens with one attached hydrogen (secondary N) is 1. The van der Waals surface area contributed by atoms with Crippen LogP contribution < -0.4 is 11.1 Å². The molecule has 0 radical (unpaired) electrons. The summed E-state index contributed by atoms with van der Waals surface area (Å²) in [7, 11) is 2.12. The number of amides is 1. The van der Waals surface area contributed by atoms with Crippen molar-refractivity contribution in [2.24, 2.45) is 0 Å². The molecule has 0 aromatic carbocycles. The number of nitrogens with two attached hydrogens (primary N) is 1. The molecule has 0 aliphatic heterocycles. The molecule has 100 valence electrons. The monoisotopic (exact) mass is 268 g/mol. The van der Waals surface area contributed by atoms with E-state index in [1.54, 1.807) is 0 Å². The van der Waals surface area contributed by atoms with Crippen LogP contribution in [0.5, 0.6) is 0 Å². The van der Waals surface area contributed by atoms with Crippen molar-refractivity contribution in [1.29, 1.82) is 0 Å². The minimum absolute atomic E-state index is 0.0105. The zero-order valence-corrected chi connectivity index (χ0v) is 11.7. The van der Waals surface area contributed by atoms with Gasteiger partial charge in [-0.15, -0.1) is 11.3 Å². The van der Waals surface area contributed by atoms with E-state index in [1.165, 1.54) is 24.2 Å². The van der Waals surface area contributed by atoms with Gasteiger partial charge in [0.1, 0.15) is 0 Å². The van der Waals surface area contributed by atoms with E-state index in [0.717, 1.165) is 11.7 Å². The Kier molecular flexibility index (Phi) is 4.19. The fourth-order valence-electron chi connectivity index (χ4n) is 1.88. The Bertz CT molecular complexity index is 416. The summed E-state index contributed by atoms with van der Waals surface area (Å²) in [6, 6.07) is 1.09. The first-order chi connectivity index (χ1) is 8.56. The highest BCUT2D eigenvalue weighted by Gasteiger charge is 2.29. The van der Waals surface area contributed by atoms with Crippen LogP contribution >= 0.6 is 11.3 Å². The van der Waals surface area contributed by atoms with Crippen LogP contribution in [0.2, 0.25) is 0 Å². The van der Waals surface area contributed by atoms with E-state index in [4.69, 9.17) is 5.73 Å². The molecule has 1 atom stereocenters. The van der Waals surface area contributed by atoms with E-state index >= 15 is 0 Å². The van der Waals surface area contributed by atoms with Crippen molar-refractivity contribution in [2.45, 2.75) is 38.3 Å². The second kappa shape index (κ2) is 5.67. The molecule has 1 amide bonds. The van der Waals surface area contributed by atoms with E-state index in [2.05, 4.69) is 29.2 Å². The third kappa shape index (κ3) is 3.68. The number of aromatic nitrogens is 1. The number of hydrogen-bond donors (Lipinski definition) is 2. The van der Waals surface area contributed by atoms with Crippen LogP contribution in [0, 0.1) is 0 Å². The number of nitrogens with zero attached hydrogens (tertiary/aromatic N) is 2. The number of carbonyl (C=O) groups is 1. The molecular weight excluding hydrogens is 248 g/mol. The van der Waals surface area contributed by atoms with Gasteiger partial charge in [0.05, 0.1) is 12.1 Å². The van der Waals surface area contributed by atoms with Gasteiger partial charge in [0, 0.05) is 24.0 Å². The largest absolute Gasteiger partial charge is 0.375 e. The molecule has 1 saturated carbocycles. The van der Waals surface area contributed by atoms with Crippen LogP contribution in [0.1, 0.15) is 25.5 Å². The Morgan fingerprint density at radius 2 is 2.44 bits per heavy atom. The standard InChI is InChI=1S/C12H20N4OS/c1-8(16(2)10-3-4-10)6-14-11(17)5-9-7-18-12(13)15-9/h7-8,10H,3-6H2,1-2H3,(H2,13,15)(H,14,17). The Balaban J connectivity index is 1.70. The number of anilines is 1.